The summed E-state index contributed by atoms with van der Waals surface area (Å²) in [4.78, 5) is 22.5. The molecule has 0 spiro atoms. The van der Waals surface area contributed by atoms with Crippen LogP contribution in [0, 0.1) is 11.8 Å². The van der Waals surface area contributed by atoms with Gasteiger partial charge in [0, 0.05) is 12.0 Å². The summed E-state index contributed by atoms with van der Waals surface area (Å²) in [5.74, 6) is 4.41. The largest absolute Gasteiger partial charge is 0.395 e. The molecule has 1 heterocycles. The molecule has 1 amide bonds. The fourth-order valence-electron chi connectivity index (χ4n) is 1.49. The number of nitrogens with one attached hydrogen (secondary N) is 1. The topological polar surface area (TPSA) is 66.4 Å². The van der Waals surface area contributed by atoms with Crippen LogP contribution in [0.25, 0.3) is 0 Å². The van der Waals surface area contributed by atoms with Gasteiger partial charge >= 0.3 is 0 Å². The molecule has 0 aromatic heterocycles. The second kappa shape index (κ2) is 4.17. The van der Waals surface area contributed by atoms with Crippen LogP contribution in [0.15, 0.2) is 18.2 Å². The van der Waals surface area contributed by atoms with Gasteiger partial charge in [0.2, 0.25) is 0 Å². The Morgan fingerprint density at radius 2 is 2.12 bits per heavy atom. The summed E-state index contributed by atoms with van der Waals surface area (Å²) in [6.07, 6.45) is 0.367. The molecule has 4 heteroatoms. The molecule has 0 atom stereocenters. The molecular weight excluding hydrogens is 206 g/mol. The number of benzene rings is 1. The van der Waals surface area contributed by atoms with Crippen molar-refractivity contribution in [3.63, 3.8) is 0 Å². The highest BCUT2D eigenvalue weighted by atomic mass is 16.2. The minimum atomic E-state index is -0.619. The van der Waals surface area contributed by atoms with Gasteiger partial charge in [0.15, 0.2) is 0 Å². The summed E-state index contributed by atoms with van der Waals surface area (Å²) in [7, 11) is 0. The Bertz CT molecular complexity index is 523. The first-order valence-electron chi connectivity index (χ1n) is 4.82. The van der Waals surface area contributed by atoms with Crippen LogP contribution < -0.4 is 5.32 Å². The van der Waals surface area contributed by atoms with E-state index in [4.69, 9.17) is 5.11 Å². The van der Waals surface area contributed by atoms with Crippen molar-refractivity contribution in [2.45, 2.75) is 6.42 Å². The zero-order chi connectivity index (χ0) is 11.5. The highest BCUT2D eigenvalue weighted by molar-refractivity contribution is 6.51. The third kappa shape index (κ3) is 1.69. The maximum Gasteiger partial charge on any atom is 0.296 e. The minimum Gasteiger partial charge on any atom is -0.395 e. The third-order valence-corrected chi connectivity index (χ3v) is 2.21. The monoisotopic (exact) mass is 215 g/mol. The van der Waals surface area contributed by atoms with E-state index in [1.807, 2.05) is 0 Å². The van der Waals surface area contributed by atoms with Crippen LogP contribution >= 0.6 is 0 Å². The van der Waals surface area contributed by atoms with E-state index in [9.17, 15) is 9.59 Å². The average Bonchev–Trinajstić information content (AvgIpc) is 2.57. The number of fused-ring (bicyclic) bond motifs is 1. The Kier molecular flexibility index (Phi) is 2.71. The normalized spacial score (nSPS) is 12.8. The van der Waals surface area contributed by atoms with E-state index in [1.54, 1.807) is 18.2 Å². The molecule has 0 radical (unpaired) electrons. The number of hydrogen-bond donors (Lipinski definition) is 2. The van der Waals surface area contributed by atoms with Crippen molar-refractivity contribution in [2.75, 3.05) is 11.9 Å². The maximum atomic E-state index is 11.4. The van der Waals surface area contributed by atoms with Gasteiger partial charge < -0.3 is 10.4 Å². The van der Waals surface area contributed by atoms with E-state index in [1.165, 1.54) is 0 Å². The van der Waals surface area contributed by atoms with Crippen molar-refractivity contribution in [3.05, 3.63) is 29.3 Å². The number of rotatable bonds is 1. The predicted octanol–water partition coefficient (Wildman–Crippen LogP) is 0.555. The van der Waals surface area contributed by atoms with E-state index < -0.39 is 11.7 Å². The van der Waals surface area contributed by atoms with Crippen LogP contribution in [0.4, 0.5) is 5.69 Å². The number of carbonyl (C=O) groups is 2. The van der Waals surface area contributed by atoms with Crippen molar-refractivity contribution in [1.82, 2.24) is 0 Å². The van der Waals surface area contributed by atoms with Gasteiger partial charge in [-0.25, -0.2) is 0 Å². The highest BCUT2D eigenvalue weighted by Crippen LogP contribution is 2.26. The molecule has 0 fully saturated rings. The average molecular weight is 215 g/mol. The van der Waals surface area contributed by atoms with Crippen LogP contribution in [0.2, 0.25) is 0 Å². The minimum absolute atomic E-state index is 0.00663. The Morgan fingerprint density at radius 1 is 1.31 bits per heavy atom. The standard InChI is InChI=1S/C12H9NO3/c14-7-2-1-4-8-5-3-6-9-10(8)13-12(16)11(9)15/h3,5-6,14H,2,7H2,(H,13,15,16). The lowest BCUT2D eigenvalue weighted by Crippen LogP contribution is -2.12. The summed E-state index contributed by atoms with van der Waals surface area (Å²) in [6, 6.07) is 4.99. The number of hydrogen-bond acceptors (Lipinski definition) is 3. The molecule has 1 aromatic rings. The van der Waals surface area contributed by atoms with Gasteiger partial charge in [-0.1, -0.05) is 17.9 Å². The van der Waals surface area contributed by atoms with Crippen LogP contribution in [-0.2, 0) is 4.79 Å². The van der Waals surface area contributed by atoms with E-state index in [-0.39, 0.29) is 6.61 Å². The number of aliphatic hydroxyl groups excluding tert-OH is 1. The van der Waals surface area contributed by atoms with E-state index in [2.05, 4.69) is 17.2 Å². The molecule has 1 aliphatic heterocycles. The summed E-state index contributed by atoms with van der Waals surface area (Å²) >= 11 is 0. The molecule has 4 nitrogen and oxygen atoms in total. The number of Topliss-reactive ketones (excluding diaryl/α,β-unsaturated/α-hetero) is 1. The molecule has 80 valence electrons. The van der Waals surface area contributed by atoms with Crippen LogP contribution in [-0.4, -0.2) is 23.4 Å². The molecule has 2 rings (SSSR count). The molecule has 1 aromatic carbocycles. The number of anilines is 1. The number of carbonyl (C=O) groups excluding carboxylic acids is 2. The first-order valence-corrected chi connectivity index (χ1v) is 4.82. The first kappa shape index (κ1) is 10.4. The second-order valence-corrected chi connectivity index (χ2v) is 3.29. The second-order valence-electron chi connectivity index (χ2n) is 3.29. The Hall–Kier alpha value is -2.12. The quantitative estimate of drug-likeness (QED) is 0.531. The molecule has 1 aliphatic rings. The van der Waals surface area contributed by atoms with E-state index in [0.29, 0.717) is 23.2 Å². The van der Waals surface area contributed by atoms with Crippen LogP contribution in [0.3, 0.4) is 0 Å². The van der Waals surface area contributed by atoms with Gasteiger partial charge in [-0.3, -0.25) is 9.59 Å². The molecule has 0 unspecified atom stereocenters. The van der Waals surface area contributed by atoms with Crippen molar-refractivity contribution in [2.24, 2.45) is 0 Å². The number of aliphatic hydroxyl groups is 1. The van der Waals surface area contributed by atoms with Crippen molar-refractivity contribution in [1.29, 1.82) is 0 Å². The van der Waals surface area contributed by atoms with Crippen LogP contribution in [0.1, 0.15) is 22.3 Å². The van der Waals surface area contributed by atoms with E-state index >= 15 is 0 Å². The number of ketones is 1. The van der Waals surface area contributed by atoms with Gasteiger partial charge in [0.1, 0.15) is 0 Å². The summed E-state index contributed by atoms with van der Waals surface area (Å²) in [5, 5.41) is 11.1. The third-order valence-electron chi connectivity index (χ3n) is 2.21. The maximum absolute atomic E-state index is 11.4. The number of amides is 1. The lowest BCUT2D eigenvalue weighted by molar-refractivity contribution is -0.112. The smallest absolute Gasteiger partial charge is 0.296 e. The first-order chi connectivity index (χ1) is 7.74. The van der Waals surface area contributed by atoms with Crippen molar-refractivity contribution in [3.8, 4) is 11.8 Å². The Morgan fingerprint density at radius 3 is 2.88 bits per heavy atom. The zero-order valence-corrected chi connectivity index (χ0v) is 8.41. The lowest BCUT2D eigenvalue weighted by Gasteiger charge is -1.99. The van der Waals surface area contributed by atoms with Gasteiger partial charge in [0.25, 0.3) is 11.7 Å². The van der Waals surface area contributed by atoms with Crippen molar-refractivity contribution < 1.29 is 14.7 Å². The molecular formula is C12H9NO3. The molecule has 2 N–H and O–H groups in total. The zero-order valence-electron chi connectivity index (χ0n) is 8.41. The Labute approximate surface area is 92.3 Å². The SMILES string of the molecule is O=C1Nc2c(C#CCCO)cccc2C1=O. The molecule has 0 saturated carbocycles. The fraction of sp³-hybridized carbons (Fsp3) is 0.167. The molecule has 16 heavy (non-hydrogen) atoms. The molecule has 0 aliphatic carbocycles. The van der Waals surface area contributed by atoms with Crippen molar-refractivity contribution >= 4 is 17.4 Å². The summed E-state index contributed by atoms with van der Waals surface area (Å²) in [6.45, 7) is -0.00663. The predicted molar refractivity (Wildman–Crippen MR) is 58.0 cm³/mol. The number of para-hydroxylation sites is 1. The summed E-state index contributed by atoms with van der Waals surface area (Å²) in [5.41, 5.74) is 1.44. The molecule has 0 bridgehead atoms. The highest BCUT2D eigenvalue weighted by Gasteiger charge is 2.29. The molecule has 0 saturated heterocycles. The van der Waals surface area contributed by atoms with Gasteiger partial charge in [-0.15, -0.1) is 0 Å². The fourth-order valence-corrected chi connectivity index (χ4v) is 1.49. The van der Waals surface area contributed by atoms with Gasteiger partial charge in [-0.2, -0.15) is 0 Å². The van der Waals surface area contributed by atoms with E-state index in [0.717, 1.165) is 0 Å². The van der Waals surface area contributed by atoms with Crippen LogP contribution in [0.5, 0.6) is 0 Å². The Balaban J connectivity index is 2.41. The summed E-state index contributed by atoms with van der Waals surface area (Å²) < 4.78 is 0. The van der Waals surface area contributed by atoms with Gasteiger partial charge in [0.05, 0.1) is 17.9 Å². The lowest BCUT2D eigenvalue weighted by atomic mass is 10.1. The van der Waals surface area contributed by atoms with Gasteiger partial charge in [-0.05, 0) is 12.1 Å².